The minimum absolute atomic E-state index is 0.160. The second-order valence-electron chi connectivity index (χ2n) is 5.00. The van der Waals surface area contributed by atoms with E-state index in [1.54, 1.807) is 24.3 Å². The van der Waals surface area contributed by atoms with Crippen LogP contribution in [0.1, 0.15) is 12.8 Å². The standard InChI is InChI=1S/C14H20N4O3/c1-21-8-12(15)13(19)16-9-2-4-10(5-3-9)17-14(20)18-11-6-7-11/h2-5,11-12H,6-8,15H2,1H3,(H,16,19)(H2,17,18,20). The molecule has 0 aliphatic heterocycles. The Bertz CT molecular complexity index is 499. The summed E-state index contributed by atoms with van der Waals surface area (Å²) in [6.07, 6.45) is 2.08. The number of anilines is 2. The highest BCUT2D eigenvalue weighted by atomic mass is 16.5. The van der Waals surface area contributed by atoms with E-state index in [0.717, 1.165) is 12.8 Å². The van der Waals surface area contributed by atoms with Crippen LogP contribution in [0.5, 0.6) is 0 Å². The number of benzene rings is 1. The van der Waals surface area contributed by atoms with Crippen LogP contribution in [-0.2, 0) is 9.53 Å². The third-order valence-corrected chi connectivity index (χ3v) is 3.01. The predicted molar refractivity (Wildman–Crippen MR) is 80.1 cm³/mol. The Morgan fingerprint density at radius 3 is 2.33 bits per heavy atom. The number of ether oxygens (including phenoxy) is 1. The molecule has 0 radical (unpaired) electrons. The zero-order valence-electron chi connectivity index (χ0n) is 11.9. The molecule has 5 N–H and O–H groups in total. The van der Waals surface area contributed by atoms with Gasteiger partial charge in [-0.25, -0.2) is 4.79 Å². The van der Waals surface area contributed by atoms with Crippen molar-refractivity contribution < 1.29 is 14.3 Å². The van der Waals surface area contributed by atoms with Crippen molar-refractivity contribution in [3.8, 4) is 0 Å². The van der Waals surface area contributed by atoms with Gasteiger partial charge in [0.15, 0.2) is 0 Å². The molecule has 0 bridgehead atoms. The molecule has 3 amide bonds. The fourth-order valence-electron chi connectivity index (χ4n) is 1.71. The summed E-state index contributed by atoms with van der Waals surface area (Å²) < 4.78 is 4.82. The molecule has 0 heterocycles. The molecule has 1 unspecified atom stereocenters. The molecule has 21 heavy (non-hydrogen) atoms. The van der Waals surface area contributed by atoms with E-state index in [2.05, 4.69) is 16.0 Å². The number of nitrogens with one attached hydrogen (secondary N) is 3. The van der Waals surface area contributed by atoms with Gasteiger partial charge in [0.1, 0.15) is 6.04 Å². The number of methoxy groups -OCH3 is 1. The maximum atomic E-state index is 11.7. The molecule has 1 fully saturated rings. The largest absolute Gasteiger partial charge is 0.383 e. The first-order chi connectivity index (χ1) is 10.1. The first-order valence-electron chi connectivity index (χ1n) is 6.81. The summed E-state index contributed by atoms with van der Waals surface area (Å²) in [5.74, 6) is -0.316. The summed E-state index contributed by atoms with van der Waals surface area (Å²) in [5, 5.41) is 8.23. The third kappa shape index (κ3) is 5.05. The quantitative estimate of drug-likeness (QED) is 0.624. The number of carbonyl (C=O) groups excluding carboxylic acids is 2. The molecule has 1 aliphatic carbocycles. The van der Waals surface area contributed by atoms with E-state index in [-0.39, 0.29) is 18.5 Å². The van der Waals surface area contributed by atoms with Crippen molar-refractivity contribution in [2.24, 2.45) is 5.73 Å². The summed E-state index contributed by atoms with van der Waals surface area (Å²) in [4.78, 5) is 23.3. The SMILES string of the molecule is COCC(N)C(=O)Nc1ccc(NC(=O)NC2CC2)cc1. The number of hydrogen-bond donors (Lipinski definition) is 4. The Hall–Kier alpha value is -2.12. The van der Waals surface area contributed by atoms with Crippen molar-refractivity contribution >= 4 is 23.3 Å². The van der Waals surface area contributed by atoms with E-state index >= 15 is 0 Å². The molecule has 1 saturated carbocycles. The predicted octanol–water partition coefficient (Wildman–Crippen LogP) is 0.883. The average Bonchev–Trinajstić information content (AvgIpc) is 3.25. The van der Waals surface area contributed by atoms with Crippen molar-refractivity contribution in [3.63, 3.8) is 0 Å². The summed E-state index contributed by atoms with van der Waals surface area (Å²) in [6, 6.07) is 6.21. The molecule has 1 aromatic rings. The highest BCUT2D eigenvalue weighted by Gasteiger charge is 2.23. The van der Waals surface area contributed by atoms with Gasteiger partial charge in [-0.15, -0.1) is 0 Å². The Labute approximate surface area is 123 Å². The van der Waals surface area contributed by atoms with E-state index in [9.17, 15) is 9.59 Å². The number of amides is 3. The summed E-state index contributed by atoms with van der Waals surface area (Å²) in [6.45, 7) is 0.160. The average molecular weight is 292 g/mol. The van der Waals surface area contributed by atoms with Gasteiger partial charge in [-0.05, 0) is 37.1 Å². The fraction of sp³-hybridized carbons (Fsp3) is 0.429. The minimum Gasteiger partial charge on any atom is -0.383 e. The molecule has 1 aromatic carbocycles. The maximum absolute atomic E-state index is 11.7. The number of nitrogens with two attached hydrogens (primary N) is 1. The van der Waals surface area contributed by atoms with Gasteiger partial charge in [-0.2, -0.15) is 0 Å². The van der Waals surface area contributed by atoms with Gasteiger partial charge in [-0.1, -0.05) is 0 Å². The Kier molecular flexibility index (Phi) is 5.13. The third-order valence-electron chi connectivity index (χ3n) is 3.01. The van der Waals surface area contributed by atoms with Gasteiger partial charge >= 0.3 is 6.03 Å². The van der Waals surface area contributed by atoms with Crippen LogP contribution < -0.4 is 21.7 Å². The minimum atomic E-state index is -0.711. The van der Waals surface area contributed by atoms with E-state index in [1.807, 2.05) is 0 Å². The molecular weight excluding hydrogens is 272 g/mol. The maximum Gasteiger partial charge on any atom is 0.319 e. The van der Waals surface area contributed by atoms with Crippen LogP contribution in [0.25, 0.3) is 0 Å². The lowest BCUT2D eigenvalue weighted by molar-refractivity contribution is -0.118. The number of hydrogen-bond acceptors (Lipinski definition) is 4. The lowest BCUT2D eigenvalue weighted by atomic mass is 10.2. The molecule has 7 nitrogen and oxygen atoms in total. The van der Waals surface area contributed by atoms with E-state index in [4.69, 9.17) is 10.5 Å². The summed E-state index contributed by atoms with van der Waals surface area (Å²) >= 11 is 0. The van der Waals surface area contributed by atoms with Crippen molar-refractivity contribution in [2.45, 2.75) is 24.9 Å². The zero-order valence-corrected chi connectivity index (χ0v) is 11.9. The van der Waals surface area contributed by atoms with Crippen LogP contribution >= 0.6 is 0 Å². The molecule has 7 heteroatoms. The smallest absolute Gasteiger partial charge is 0.319 e. The highest BCUT2D eigenvalue weighted by Crippen LogP contribution is 2.19. The first-order valence-corrected chi connectivity index (χ1v) is 6.81. The normalized spacial score (nSPS) is 15.1. The fourth-order valence-corrected chi connectivity index (χ4v) is 1.71. The number of carbonyl (C=O) groups is 2. The van der Waals surface area contributed by atoms with Crippen LogP contribution in [0.3, 0.4) is 0 Å². The van der Waals surface area contributed by atoms with E-state index < -0.39 is 6.04 Å². The van der Waals surface area contributed by atoms with Crippen LogP contribution in [-0.4, -0.2) is 37.7 Å². The highest BCUT2D eigenvalue weighted by molar-refractivity contribution is 5.95. The molecule has 1 atom stereocenters. The number of rotatable bonds is 6. The molecule has 114 valence electrons. The van der Waals surface area contributed by atoms with Crippen LogP contribution in [0.15, 0.2) is 24.3 Å². The van der Waals surface area contributed by atoms with Crippen molar-refractivity contribution in [1.29, 1.82) is 0 Å². The molecule has 0 aromatic heterocycles. The van der Waals surface area contributed by atoms with Crippen LogP contribution in [0.4, 0.5) is 16.2 Å². The van der Waals surface area contributed by atoms with Gasteiger partial charge in [0.05, 0.1) is 6.61 Å². The van der Waals surface area contributed by atoms with Gasteiger partial charge in [0.25, 0.3) is 0 Å². The number of urea groups is 1. The molecule has 2 rings (SSSR count). The van der Waals surface area contributed by atoms with Crippen LogP contribution in [0, 0.1) is 0 Å². The topological polar surface area (TPSA) is 105 Å². The lowest BCUT2D eigenvalue weighted by Gasteiger charge is -2.12. The van der Waals surface area contributed by atoms with Crippen LogP contribution in [0.2, 0.25) is 0 Å². The monoisotopic (exact) mass is 292 g/mol. The van der Waals surface area contributed by atoms with Gasteiger partial charge < -0.3 is 26.4 Å². The second kappa shape index (κ2) is 7.05. The second-order valence-corrected chi connectivity index (χ2v) is 5.00. The van der Waals surface area contributed by atoms with Gasteiger partial charge in [-0.3, -0.25) is 4.79 Å². The zero-order chi connectivity index (χ0) is 15.2. The van der Waals surface area contributed by atoms with E-state index in [1.165, 1.54) is 7.11 Å². The van der Waals surface area contributed by atoms with Crippen molar-refractivity contribution in [1.82, 2.24) is 5.32 Å². The first kappa shape index (κ1) is 15.3. The lowest BCUT2D eigenvalue weighted by Crippen LogP contribution is -2.39. The van der Waals surface area contributed by atoms with Crippen molar-refractivity contribution in [2.75, 3.05) is 24.4 Å². The Morgan fingerprint density at radius 2 is 1.81 bits per heavy atom. The van der Waals surface area contributed by atoms with Gasteiger partial charge in [0.2, 0.25) is 5.91 Å². The summed E-state index contributed by atoms with van der Waals surface area (Å²) in [5.41, 5.74) is 6.89. The Morgan fingerprint density at radius 1 is 1.24 bits per heavy atom. The molecular formula is C14H20N4O3. The molecule has 0 spiro atoms. The van der Waals surface area contributed by atoms with Crippen molar-refractivity contribution in [3.05, 3.63) is 24.3 Å². The summed E-state index contributed by atoms with van der Waals surface area (Å²) in [7, 11) is 1.49. The Balaban J connectivity index is 1.83. The molecule has 1 aliphatic rings. The van der Waals surface area contributed by atoms with E-state index in [0.29, 0.717) is 17.4 Å². The molecule has 0 saturated heterocycles. The van der Waals surface area contributed by atoms with Gasteiger partial charge in [0, 0.05) is 24.5 Å².